The molecule has 1 N–H and O–H groups in total. The molecule has 0 atom stereocenters. The largest absolute Gasteiger partial charge is 0.361 e. The Morgan fingerprint density at radius 2 is 2.19 bits per heavy atom. The number of aryl methyl sites for hydroxylation is 1. The number of nitrogens with one attached hydrogen (secondary N) is 1. The van der Waals surface area contributed by atoms with Gasteiger partial charge in [0.1, 0.15) is 0 Å². The van der Waals surface area contributed by atoms with Crippen molar-refractivity contribution in [2.45, 2.75) is 26.7 Å². The monoisotopic (exact) mass is 212 g/mol. The van der Waals surface area contributed by atoms with Crippen LogP contribution < -0.4 is 0 Å². The maximum absolute atomic E-state index is 8.82. The second-order valence-electron chi connectivity index (χ2n) is 4.62. The fourth-order valence-electron chi connectivity index (χ4n) is 1.91. The van der Waals surface area contributed by atoms with Crippen molar-refractivity contribution in [3.8, 4) is 6.07 Å². The number of benzene rings is 1. The Bertz CT molecular complexity index is 529. The van der Waals surface area contributed by atoms with Crippen LogP contribution in [0.1, 0.15) is 31.4 Å². The number of hydrogen-bond acceptors (Lipinski definition) is 1. The van der Waals surface area contributed by atoms with Crippen molar-refractivity contribution in [2.75, 3.05) is 0 Å². The molecule has 1 aromatic heterocycles. The zero-order valence-electron chi connectivity index (χ0n) is 9.75. The number of aromatic nitrogens is 1. The van der Waals surface area contributed by atoms with E-state index in [2.05, 4.69) is 31.1 Å². The first kappa shape index (κ1) is 10.8. The number of nitrogens with zero attached hydrogens (tertiary/aromatic N) is 1. The van der Waals surface area contributed by atoms with E-state index in [4.69, 9.17) is 5.26 Å². The molecule has 0 spiro atoms. The number of aromatic amines is 1. The van der Waals surface area contributed by atoms with Crippen LogP contribution in [0, 0.1) is 17.2 Å². The van der Waals surface area contributed by atoms with Crippen molar-refractivity contribution in [1.29, 1.82) is 5.26 Å². The molecule has 2 nitrogen and oxygen atoms in total. The van der Waals surface area contributed by atoms with Gasteiger partial charge in [-0.2, -0.15) is 5.26 Å². The summed E-state index contributed by atoms with van der Waals surface area (Å²) in [5.41, 5.74) is 3.13. The lowest BCUT2D eigenvalue weighted by atomic mass is 10.0. The molecule has 0 unspecified atom stereocenters. The van der Waals surface area contributed by atoms with Crippen LogP contribution in [0.5, 0.6) is 0 Å². The van der Waals surface area contributed by atoms with Gasteiger partial charge in [0, 0.05) is 17.1 Å². The minimum atomic E-state index is 0.713. The van der Waals surface area contributed by atoms with E-state index in [0.717, 1.165) is 17.9 Å². The van der Waals surface area contributed by atoms with Gasteiger partial charge >= 0.3 is 0 Å². The SMILES string of the molecule is CC(C)CCc1c[nH]c2cc(C#N)ccc12. The van der Waals surface area contributed by atoms with Crippen LogP contribution in [0.3, 0.4) is 0 Å². The lowest BCUT2D eigenvalue weighted by Gasteiger charge is -2.02. The molecule has 1 aromatic carbocycles. The smallest absolute Gasteiger partial charge is 0.0992 e. The maximum atomic E-state index is 8.82. The van der Waals surface area contributed by atoms with Crippen LogP contribution in [-0.2, 0) is 6.42 Å². The molecular formula is C14H16N2. The van der Waals surface area contributed by atoms with Gasteiger partial charge in [-0.15, -0.1) is 0 Å². The molecule has 0 fully saturated rings. The molecule has 16 heavy (non-hydrogen) atoms. The van der Waals surface area contributed by atoms with Crippen molar-refractivity contribution < 1.29 is 0 Å². The Labute approximate surface area is 95.9 Å². The second kappa shape index (κ2) is 4.40. The minimum absolute atomic E-state index is 0.713. The Balaban J connectivity index is 2.31. The molecule has 0 bridgehead atoms. The van der Waals surface area contributed by atoms with Gasteiger partial charge in [0.25, 0.3) is 0 Å². The predicted molar refractivity (Wildman–Crippen MR) is 66.2 cm³/mol. The molecule has 2 heteroatoms. The van der Waals surface area contributed by atoms with E-state index in [1.807, 2.05) is 18.2 Å². The highest BCUT2D eigenvalue weighted by Crippen LogP contribution is 2.21. The maximum Gasteiger partial charge on any atom is 0.0992 e. The van der Waals surface area contributed by atoms with Crippen molar-refractivity contribution in [3.05, 3.63) is 35.5 Å². The van der Waals surface area contributed by atoms with Crippen molar-refractivity contribution in [1.82, 2.24) is 4.98 Å². The van der Waals surface area contributed by atoms with Gasteiger partial charge in [0.15, 0.2) is 0 Å². The van der Waals surface area contributed by atoms with E-state index >= 15 is 0 Å². The summed E-state index contributed by atoms with van der Waals surface area (Å²) in [4.78, 5) is 3.24. The number of fused-ring (bicyclic) bond motifs is 1. The Morgan fingerprint density at radius 1 is 1.38 bits per heavy atom. The van der Waals surface area contributed by atoms with Crippen LogP contribution in [0.15, 0.2) is 24.4 Å². The Hall–Kier alpha value is -1.75. The number of rotatable bonds is 3. The molecule has 0 saturated carbocycles. The topological polar surface area (TPSA) is 39.6 Å². The number of nitriles is 1. The summed E-state index contributed by atoms with van der Waals surface area (Å²) in [6, 6.07) is 8.00. The molecule has 0 aliphatic carbocycles. The Morgan fingerprint density at radius 3 is 2.88 bits per heavy atom. The minimum Gasteiger partial charge on any atom is -0.361 e. The summed E-state index contributed by atoms with van der Waals surface area (Å²) >= 11 is 0. The fraction of sp³-hybridized carbons (Fsp3) is 0.357. The zero-order valence-corrected chi connectivity index (χ0v) is 9.75. The molecule has 0 aliphatic rings. The predicted octanol–water partition coefficient (Wildman–Crippen LogP) is 3.63. The fourth-order valence-corrected chi connectivity index (χ4v) is 1.91. The summed E-state index contributed by atoms with van der Waals surface area (Å²) in [5, 5.41) is 10.1. The van der Waals surface area contributed by atoms with E-state index < -0.39 is 0 Å². The summed E-state index contributed by atoms with van der Waals surface area (Å²) < 4.78 is 0. The highest BCUT2D eigenvalue weighted by molar-refractivity contribution is 5.84. The van der Waals surface area contributed by atoms with Gasteiger partial charge < -0.3 is 4.98 Å². The molecule has 1 heterocycles. The quantitative estimate of drug-likeness (QED) is 0.829. The van der Waals surface area contributed by atoms with E-state index in [1.54, 1.807) is 0 Å². The lowest BCUT2D eigenvalue weighted by molar-refractivity contribution is 0.588. The van der Waals surface area contributed by atoms with Gasteiger partial charge in [0.2, 0.25) is 0 Å². The summed E-state index contributed by atoms with van der Waals surface area (Å²) in [6.07, 6.45) is 4.37. The first-order valence-electron chi connectivity index (χ1n) is 5.71. The highest BCUT2D eigenvalue weighted by Gasteiger charge is 2.05. The Kier molecular flexibility index (Phi) is 2.96. The summed E-state index contributed by atoms with van der Waals surface area (Å²) in [6.45, 7) is 4.48. The van der Waals surface area contributed by atoms with Crippen LogP contribution in [-0.4, -0.2) is 4.98 Å². The van der Waals surface area contributed by atoms with Crippen LogP contribution in [0.2, 0.25) is 0 Å². The zero-order chi connectivity index (χ0) is 11.5. The highest BCUT2D eigenvalue weighted by atomic mass is 14.7. The van der Waals surface area contributed by atoms with E-state index in [9.17, 15) is 0 Å². The summed E-state index contributed by atoms with van der Waals surface area (Å²) in [5.74, 6) is 0.725. The van der Waals surface area contributed by atoms with Gasteiger partial charge in [-0.25, -0.2) is 0 Å². The van der Waals surface area contributed by atoms with Crippen LogP contribution >= 0.6 is 0 Å². The van der Waals surface area contributed by atoms with Crippen molar-refractivity contribution in [3.63, 3.8) is 0 Å². The molecule has 82 valence electrons. The lowest BCUT2D eigenvalue weighted by Crippen LogP contribution is -1.90. The molecule has 2 rings (SSSR count). The average molecular weight is 212 g/mol. The van der Waals surface area contributed by atoms with E-state index in [-0.39, 0.29) is 0 Å². The summed E-state index contributed by atoms with van der Waals surface area (Å²) in [7, 11) is 0. The third-order valence-corrected chi connectivity index (χ3v) is 2.89. The van der Waals surface area contributed by atoms with Gasteiger partial charge in [0.05, 0.1) is 11.6 Å². The molecule has 2 aromatic rings. The van der Waals surface area contributed by atoms with Crippen molar-refractivity contribution in [2.24, 2.45) is 5.92 Å². The van der Waals surface area contributed by atoms with Gasteiger partial charge in [-0.3, -0.25) is 0 Å². The first-order valence-corrected chi connectivity index (χ1v) is 5.71. The normalized spacial score (nSPS) is 10.9. The molecular weight excluding hydrogens is 196 g/mol. The molecule has 0 saturated heterocycles. The first-order chi connectivity index (χ1) is 7.70. The average Bonchev–Trinajstić information content (AvgIpc) is 2.68. The standard InChI is InChI=1S/C14H16N2/c1-10(2)3-5-12-9-16-14-7-11(8-15)4-6-13(12)14/h4,6-7,9-10,16H,3,5H2,1-2H3. The van der Waals surface area contributed by atoms with Gasteiger partial charge in [-0.05, 0) is 36.5 Å². The molecule has 0 amide bonds. The molecule has 0 aliphatic heterocycles. The second-order valence-corrected chi connectivity index (χ2v) is 4.62. The van der Waals surface area contributed by atoms with Crippen LogP contribution in [0.25, 0.3) is 10.9 Å². The number of H-pyrrole nitrogens is 1. The van der Waals surface area contributed by atoms with E-state index in [1.165, 1.54) is 17.4 Å². The van der Waals surface area contributed by atoms with Gasteiger partial charge in [-0.1, -0.05) is 19.9 Å². The third-order valence-electron chi connectivity index (χ3n) is 2.89. The van der Waals surface area contributed by atoms with E-state index in [0.29, 0.717) is 5.56 Å². The van der Waals surface area contributed by atoms with Crippen LogP contribution in [0.4, 0.5) is 0 Å². The van der Waals surface area contributed by atoms with Crippen molar-refractivity contribution >= 4 is 10.9 Å². The number of hydrogen-bond donors (Lipinski definition) is 1. The third kappa shape index (κ3) is 2.09. The molecule has 0 radical (unpaired) electrons.